The van der Waals surface area contributed by atoms with Crippen LogP contribution in [0.4, 0.5) is 0 Å². The van der Waals surface area contributed by atoms with E-state index < -0.39 is 0 Å². The molecule has 4 N–H and O–H groups in total. The van der Waals surface area contributed by atoms with Crippen LogP contribution in [0.15, 0.2) is 41.2 Å². The molecule has 20 heavy (non-hydrogen) atoms. The van der Waals surface area contributed by atoms with Gasteiger partial charge in [0.1, 0.15) is 11.6 Å². The highest BCUT2D eigenvalue weighted by atomic mass is 16.5. The van der Waals surface area contributed by atoms with Crippen LogP contribution in [0.2, 0.25) is 0 Å². The Morgan fingerprint density at radius 2 is 2.05 bits per heavy atom. The van der Waals surface area contributed by atoms with Gasteiger partial charge >= 0.3 is 0 Å². The number of aromatic nitrogens is 1. The molecule has 0 aliphatic carbocycles. The topological polar surface area (TPSA) is 92.0 Å². The molecule has 0 bridgehead atoms. The summed E-state index contributed by atoms with van der Waals surface area (Å²) in [6, 6.07) is 10.7. The number of benzene rings is 1. The number of nitrogen functional groups attached to an aromatic ring is 1. The minimum atomic E-state index is -0.370. The van der Waals surface area contributed by atoms with Gasteiger partial charge in [0, 0.05) is 11.3 Å². The zero-order valence-electron chi connectivity index (χ0n) is 11.4. The average Bonchev–Trinajstić information content (AvgIpc) is 2.37. The summed E-state index contributed by atoms with van der Waals surface area (Å²) in [7, 11) is 0. The van der Waals surface area contributed by atoms with Crippen molar-refractivity contribution in [3.05, 3.63) is 52.3 Å². The molecular formula is C15H17N3O2. The first-order valence-corrected chi connectivity index (χ1v) is 6.32. The molecule has 0 saturated heterocycles. The van der Waals surface area contributed by atoms with E-state index in [0.29, 0.717) is 5.69 Å². The number of nitrogens with two attached hydrogens (primary N) is 1. The van der Waals surface area contributed by atoms with E-state index in [0.717, 1.165) is 11.3 Å². The number of nitrogens with one attached hydrogen (secondary N) is 2. The Kier molecular flexibility index (Phi) is 3.89. The van der Waals surface area contributed by atoms with Crippen LogP contribution in [0, 0.1) is 5.41 Å². The van der Waals surface area contributed by atoms with E-state index in [1.165, 1.54) is 0 Å². The SMILES string of the molecule is CC(C)Oc1cccc(-c2ccc(C(=N)N)c(=O)[nH]2)c1. The number of pyridine rings is 1. The predicted octanol–water partition coefficient (Wildman–Crippen LogP) is 2.11. The van der Waals surface area contributed by atoms with E-state index in [-0.39, 0.29) is 23.1 Å². The van der Waals surface area contributed by atoms with Gasteiger partial charge in [0.2, 0.25) is 0 Å². The van der Waals surface area contributed by atoms with Crippen molar-refractivity contribution in [3.8, 4) is 17.0 Å². The molecule has 0 saturated carbocycles. The van der Waals surface area contributed by atoms with Gasteiger partial charge in [-0.1, -0.05) is 12.1 Å². The smallest absolute Gasteiger partial charge is 0.259 e. The van der Waals surface area contributed by atoms with Crippen LogP contribution < -0.4 is 16.0 Å². The zero-order valence-corrected chi connectivity index (χ0v) is 11.4. The molecule has 1 aromatic carbocycles. The van der Waals surface area contributed by atoms with E-state index in [9.17, 15) is 4.79 Å². The molecule has 5 nitrogen and oxygen atoms in total. The molecule has 1 aromatic heterocycles. The van der Waals surface area contributed by atoms with Crippen molar-refractivity contribution in [2.75, 3.05) is 0 Å². The highest BCUT2D eigenvalue weighted by Crippen LogP contribution is 2.22. The normalized spacial score (nSPS) is 10.6. The van der Waals surface area contributed by atoms with Gasteiger partial charge in [0.05, 0.1) is 11.7 Å². The molecule has 2 aromatic rings. The van der Waals surface area contributed by atoms with Gasteiger partial charge in [0.15, 0.2) is 0 Å². The molecule has 0 atom stereocenters. The fourth-order valence-corrected chi connectivity index (χ4v) is 1.86. The molecule has 1 heterocycles. The molecule has 0 amide bonds. The number of rotatable bonds is 4. The van der Waals surface area contributed by atoms with E-state index >= 15 is 0 Å². The van der Waals surface area contributed by atoms with Crippen molar-refractivity contribution in [2.45, 2.75) is 20.0 Å². The second kappa shape index (κ2) is 5.61. The molecule has 0 unspecified atom stereocenters. The van der Waals surface area contributed by atoms with E-state index in [2.05, 4.69) is 4.98 Å². The Bertz CT molecular complexity index is 690. The van der Waals surface area contributed by atoms with Gasteiger partial charge in [0.25, 0.3) is 5.56 Å². The van der Waals surface area contributed by atoms with Crippen LogP contribution >= 0.6 is 0 Å². The summed E-state index contributed by atoms with van der Waals surface area (Å²) in [5.41, 5.74) is 6.63. The summed E-state index contributed by atoms with van der Waals surface area (Å²) >= 11 is 0. The Morgan fingerprint density at radius 1 is 1.30 bits per heavy atom. The van der Waals surface area contributed by atoms with E-state index in [1.54, 1.807) is 12.1 Å². The highest BCUT2D eigenvalue weighted by Gasteiger charge is 2.06. The maximum Gasteiger partial charge on any atom is 0.259 e. The fraction of sp³-hybridized carbons (Fsp3) is 0.200. The average molecular weight is 271 g/mol. The Balaban J connectivity index is 2.39. The van der Waals surface area contributed by atoms with Crippen LogP contribution in [-0.4, -0.2) is 16.9 Å². The van der Waals surface area contributed by atoms with Gasteiger partial charge in [-0.25, -0.2) is 0 Å². The second-order valence-corrected chi connectivity index (χ2v) is 4.72. The van der Waals surface area contributed by atoms with E-state index in [1.807, 2.05) is 38.1 Å². The largest absolute Gasteiger partial charge is 0.491 e. The van der Waals surface area contributed by atoms with Crippen molar-refractivity contribution in [1.82, 2.24) is 4.98 Å². The lowest BCUT2D eigenvalue weighted by molar-refractivity contribution is 0.242. The summed E-state index contributed by atoms with van der Waals surface area (Å²) < 4.78 is 5.62. The molecule has 0 radical (unpaired) electrons. The van der Waals surface area contributed by atoms with Crippen molar-refractivity contribution in [3.63, 3.8) is 0 Å². The van der Waals surface area contributed by atoms with Gasteiger partial charge in [-0.3, -0.25) is 10.2 Å². The third-order valence-electron chi connectivity index (χ3n) is 2.72. The maximum atomic E-state index is 11.8. The predicted molar refractivity (Wildman–Crippen MR) is 79.3 cm³/mol. The minimum Gasteiger partial charge on any atom is -0.491 e. The number of aromatic amines is 1. The minimum absolute atomic E-state index is 0.0874. The Labute approximate surface area is 116 Å². The van der Waals surface area contributed by atoms with Gasteiger partial charge in [-0.2, -0.15) is 0 Å². The molecule has 0 fully saturated rings. The first-order valence-electron chi connectivity index (χ1n) is 6.32. The standard InChI is InChI=1S/C15H17N3O2/c1-9(2)20-11-5-3-4-10(8-11)13-7-6-12(14(16)17)15(19)18-13/h3-9H,1-2H3,(H3,16,17)(H,18,19). The van der Waals surface area contributed by atoms with Gasteiger partial charge in [-0.05, 0) is 38.1 Å². The van der Waals surface area contributed by atoms with Crippen LogP contribution in [0.25, 0.3) is 11.3 Å². The summed E-state index contributed by atoms with van der Waals surface area (Å²) in [5.74, 6) is 0.503. The van der Waals surface area contributed by atoms with Crippen LogP contribution in [-0.2, 0) is 0 Å². The fourth-order valence-electron chi connectivity index (χ4n) is 1.86. The van der Waals surface area contributed by atoms with Gasteiger partial charge in [-0.15, -0.1) is 0 Å². The van der Waals surface area contributed by atoms with E-state index in [4.69, 9.17) is 15.9 Å². The first kappa shape index (κ1) is 13.9. The highest BCUT2D eigenvalue weighted by molar-refractivity contribution is 5.94. The lowest BCUT2D eigenvalue weighted by Gasteiger charge is -2.11. The third kappa shape index (κ3) is 3.06. The molecule has 104 valence electrons. The molecule has 0 spiro atoms. The number of H-pyrrole nitrogens is 1. The van der Waals surface area contributed by atoms with Crippen LogP contribution in [0.1, 0.15) is 19.4 Å². The lowest BCUT2D eigenvalue weighted by atomic mass is 10.1. The summed E-state index contributed by atoms with van der Waals surface area (Å²) in [6.07, 6.45) is 0.0874. The van der Waals surface area contributed by atoms with Crippen LogP contribution in [0.3, 0.4) is 0 Å². The van der Waals surface area contributed by atoms with Crippen LogP contribution in [0.5, 0.6) is 5.75 Å². The number of amidine groups is 1. The van der Waals surface area contributed by atoms with Crippen molar-refractivity contribution < 1.29 is 4.74 Å². The lowest BCUT2D eigenvalue weighted by Crippen LogP contribution is -2.23. The Hall–Kier alpha value is -2.56. The zero-order chi connectivity index (χ0) is 14.7. The molecule has 2 rings (SSSR count). The van der Waals surface area contributed by atoms with Crippen molar-refractivity contribution >= 4 is 5.84 Å². The third-order valence-corrected chi connectivity index (χ3v) is 2.72. The second-order valence-electron chi connectivity index (χ2n) is 4.72. The molecule has 0 aliphatic heterocycles. The van der Waals surface area contributed by atoms with Crippen molar-refractivity contribution in [2.24, 2.45) is 5.73 Å². The van der Waals surface area contributed by atoms with Crippen molar-refractivity contribution in [1.29, 1.82) is 5.41 Å². The van der Waals surface area contributed by atoms with Gasteiger partial charge < -0.3 is 15.5 Å². The summed E-state index contributed by atoms with van der Waals surface area (Å²) in [5, 5.41) is 7.30. The monoisotopic (exact) mass is 271 g/mol. The summed E-state index contributed by atoms with van der Waals surface area (Å²) in [6.45, 7) is 3.91. The Morgan fingerprint density at radius 3 is 2.65 bits per heavy atom. The number of hydrogen-bond acceptors (Lipinski definition) is 3. The quantitative estimate of drug-likeness (QED) is 0.587. The number of ether oxygens (including phenoxy) is 1. The molecular weight excluding hydrogens is 254 g/mol. The number of hydrogen-bond donors (Lipinski definition) is 3. The maximum absolute atomic E-state index is 11.8. The first-order chi connectivity index (χ1) is 9.47. The summed E-state index contributed by atoms with van der Waals surface area (Å²) in [4.78, 5) is 14.5. The molecule has 5 heteroatoms. The molecule has 0 aliphatic rings.